The minimum absolute atomic E-state index is 0.214. The Bertz CT molecular complexity index is 1320. The van der Waals surface area contributed by atoms with Crippen LogP contribution in [-0.2, 0) is 0 Å². The van der Waals surface area contributed by atoms with Gasteiger partial charge in [0.15, 0.2) is 5.82 Å². The van der Waals surface area contributed by atoms with Gasteiger partial charge in [0.05, 0.1) is 29.5 Å². The molecule has 9 heteroatoms. The van der Waals surface area contributed by atoms with Gasteiger partial charge in [0.1, 0.15) is 11.1 Å². The van der Waals surface area contributed by atoms with Crippen molar-refractivity contribution in [2.45, 2.75) is 35.7 Å². The molecule has 7 nitrogen and oxygen atoms in total. The second-order valence-electron chi connectivity index (χ2n) is 7.71. The molecule has 1 aliphatic carbocycles. The number of hydrogen-bond donors (Lipinski definition) is 1. The van der Waals surface area contributed by atoms with Crippen LogP contribution in [0.4, 0.5) is 4.39 Å². The molecule has 156 valence electrons. The average Bonchev–Trinajstić information content (AvgIpc) is 3.33. The number of halogens is 1. The minimum atomic E-state index is -0.415. The van der Waals surface area contributed by atoms with Gasteiger partial charge in [0, 0.05) is 40.7 Å². The number of aliphatic hydroxyl groups is 1. The van der Waals surface area contributed by atoms with Gasteiger partial charge >= 0.3 is 0 Å². The fourth-order valence-electron chi connectivity index (χ4n) is 4.07. The predicted octanol–water partition coefficient (Wildman–Crippen LogP) is 4.01. The molecule has 4 aromatic heterocycles. The van der Waals surface area contributed by atoms with E-state index in [0.717, 1.165) is 29.7 Å². The zero-order chi connectivity index (χ0) is 21.5. The van der Waals surface area contributed by atoms with Crippen molar-refractivity contribution < 1.29 is 9.50 Å². The number of aromatic nitrogens is 5. The maximum Gasteiger partial charge on any atom is 0.155 e. The third-order valence-corrected chi connectivity index (χ3v) is 6.82. The minimum Gasteiger partial charge on any atom is -0.396 e. The summed E-state index contributed by atoms with van der Waals surface area (Å²) in [5.41, 5.74) is 3.89. The molecule has 0 radical (unpaired) electrons. The number of nitriles is 1. The van der Waals surface area contributed by atoms with E-state index in [1.807, 2.05) is 30.1 Å². The largest absolute Gasteiger partial charge is 0.396 e. The number of pyridine rings is 2. The standard InChI is InChI=1S/C22H19FN6OS/c1-13-18(10-27-29(13)17-5-14(6-17)12-30)15-7-20(31-22-19(23)3-2-4-25-22)21-16(8-24)9-26-28(21)11-15/h2-4,7,9-11,14,17,30H,5-6,12H2,1H3. The first-order valence-corrected chi connectivity index (χ1v) is 10.8. The van der Waals surface area contributed by atoms with E-state index >= 15 is 0 Å². The van der Waals surface area contributed by atoms with E-state index in [2.05, 4.69) is 21.3 Å². The van der Waals surface area contributed by atoms with Crippen LogP contribution >= 0.6 is 11.8 Å². The molecule has 0 bridgehead atoms. The van der Waals surface area contributed by atoms with Gasteiger partial charge < -0.3 is 5.11 Å². The summed E-state index contributed by atoms with van der Waals surface area (Å²) in [5, 5.41) is 28.0. The lowest BCUT2D eigenvalue weighted by atomic mass is 9.81. The smallest absolute Gasteiger partial charge is 0.155 e. The van der Waals surface area contributed by atoms with Gasteiger partial charge in [-0.2, -0.15) is 15.5 Å². The molecule has 0 atom stereocenters. The Morgan fingerprint density at radius 2 is 2.16 bits per heavy atom. The lowest BCUT2D eigenvalue weighted by Crippen LogP contribution is -2.30. The van der Waals surface area contributed by atoms with Crippen molar-refractivity contribution >= 4 is 17.3 Å². The Kier molecular flexibility index (Phi) is 4.96. The van der Waals surface area contributed by atoms with E-state index < -0.39 is 5.82 Å². The van der Waals surface area contributed by atoms with Crippen molar-refractivity contribution in [1.29, 1.82) is 5.26 Å². The maximum absolute atomic E-state index is 14.3. The second kappa shape index (κ2) is 7.80. The molecule has 1 N–H and O–H groups in total. The highest BCUT2D eigenvalue weighted by Gasteiger charge is 2.31. The van der Waals surface area contributed by atoms with E-state index in [-0.39, 0.29) is 11.6 Å². The van der Waals surface area contributed by atoms with E-state index in [0.29, 0.717) is 27.9 Å². The molecule has 0 saturated heterocycles. The number of hydrogen-bond acceptors (Lipinski definition) is 6. The van der Waals surface area contributed by atoms with Gasteiger partial charge in [0.2, 0.25) is 0 Å². The first kappa shape index (κ1) is 19.7. The first-order chi connectivity index (χ1) is 15.1. The molecule has 1 saturated carbocycles. The fourth-order valence-corrected chi connectivity index (χ4v) is 5.04. The number of nitrogens with zero attached hydrogens (tertiary/aromatic N) is 6. The Hall–Kier alpha value is -3.22. The molecule has 0 unspecified atom stereocenters. The Balaban J connectivity index is 1.59. The van der Waals surface area contributed by atoms with Crippen molar-refractivity contribution in [3.05, 3.63) is 60.1 Å². The average molecular weight is 435 g/mol. The van der Waals surface area contributed by atoms with Crippen LogP contribution in [0.5, 0.6) is 0 Å². The van der Waals surface area contributed by atoms with Crippen molar-refractivity contribution in [3.63, 3.8) is 0 Å². The lowest BCUT2D eigenvalue weighted by molar-refractivity contribution is 0.104. The van der Waals surface area contributed by atoms with Gasteiger partial charge in [-0.05, 0) is 43.9 Å². The van der Waals surface area contributed by atoms with E-state index in [1.165, 1.54) is 24.0 Å². The van der Waals surface area contributed by atoms with E-state index in [4.69, 9.17) is 0 Å². The van der Waals surface area contributed by atoms with E-state index in [1.54, 1.807) is 16.8 Å². The molecule has 0 aliphatic heterocycles. The summed E-state index contributed by atoms with van der Waals surface area (Å²) in [6, 6.07) is 7.29. The topological polar surface area (TPSA) is 92.0 Å². The third kappa shape index (κ3) is 3.38. The monoisotopic (exact) mass is 434 g/mol. The van der Waals surface area contributed by atoms with Gasteiger partial charge in [-0.3, -0.25) is 4.68 Å². The molecule has 4 aromatic rings. The molecule has 0 aromatic carbocycles. The summed E-state index contributed by atoms with van der Waals surface area (Å²) in [5.74, 6) is -0.0698. The third-order valence-electron chi connectivity index (χ3n) is 5.80. The van der Waals surface area contributed by atoms with Gasteiger partial charge in [-0.25, -0.2) is 13.9 Å². The molecule has 4 heterocycles. The van der Waals surface area contributed by atoms with Crippen molar-refractivity contribution in [2.75, 3.05) is 6.61 Å². The summed E-state index contributed by atoms with van der Waals surface area (Å²) in [6.45, 7) is 2.24. The summed E-state index contributed by atoms with van der Waals surface area (Å²) >= 11 is 1.17. The van der Waals surface area contributed by atoms with Crippen molar-refractivity contribution in [3.8, 4) is 17.2 Å². The summed E-state index contributed by atoms with van der Waals surface area (Å²) in [7, 11) is 0. The fraction of sp³-hybridized carbons (Fsp3) is 0.273. The van der Waals surface area contributed by atoms with Crippen LogP contribution < -0.4 is 0 Å². The SMILES string of the molecule is Cc1c(-c2cc(Sc3ncccc3F)c3c(C#N)cnn3c2)cnn1C1CC(CO)C1. The Labute approximate surface area is 182 Å². The number of aliphatic hydroxyl groups excluding tert-OH is 1. The molecule has 5 rings (SSSR count). The van der Waals surface area contributed by atoms with Crippen LogP contribution in [0.15, 0.2) is 52.9 Å². The Morgan fingerprint density at radius 3 is 2.90 bits per heavy atom. The van der Waals surface area contributed by atoms with Crippen LogP contribution in [0.2, 0.25) is 0 Å². The van der Waals surface area contributed by atoms with Crippen LogP contribution in [0.1, 0.15) is 30.1 Å². The first-order valence-electron chi connectivity index (χ1n) is 9.94. The van der Waals surface area contributed by atoms with Crippen molar-refractivity contribution in [2.24, 2.45) is 5.92 Å². The predicted molar refractivity (Wildman–Crippen MR) is 113 cm³/mol. The zero-order valence-corrected chi connectivity index (χ0v) is 17.6. The molecule has 1 fully saturated rings. The normalized spacial score (nSPS) is 18.1. The van der Waals surface area contributed by atoms with Crippen LogP contribution in [0.3, 0.4) is 0 Å². The second-order valence-corrected chi connectivity index (χ2v) is 8.74. The Morgan fingerprint density at radius 1 is 1.32 bits per heavy atom. The molecular weight excluding hydrogens is 415 g/mol. The number of rotatable bonds is 5. The highest BCUT2D eigenvalue weighted by atomic mass is 32.2. The quantitative estimate of drug-likeness (QED) is 0.510. The molecule has 0 amide bonds. The summed E-state index contributed by atoms with van der Waals surface area (Å²) in [6.07, 6.45) is 8.58. The molecule has 0 spiro atoms. The van der Waals surface area contributed by atoms with Crippen LogP contribution in [0.25, 0.3) is 16.6 Å². The summed E-state index contributed by atoms with van der Waals surface area (Å²) in [4.78, 5) is 4.83. The highest BCUT2D eigenvalue weighted by Crippen LogP contribution is 2.40. The van der Waals surface area contributed by atoms with Gasteiger partial charge in [-0.15, -0.1) is 0 Å². The zero-order valence-electron chi connectivity index (χ0n) is 16.7. The summed E-state index contributed by atoms with van der Waals surface area (Å²) < 4.78 is 17.9. The molecule has 31 heavy (non-hydrogen) atoms. The van der Waals surface area contributed by atoms with Gasteiger partial charge in [-0.1, -0.05) is 11.8 Å². The molecular formula is C22H19FN6OS. The van der Waals surface area contributed by atoms with Gasteiger partial charge in [0.25, 0.3) is 0 Å². The number of fused-ring (bicyclic) bond motifs is 1. The van der Waals surface area contributed by atoms with Crippen molar-refractivity contribution in [1.82, 2.24) is 24.4 Å². The molecule has 1 aliphatic rings. The highest BCUT2D eigenvalue weighted by molar-refractivity contribution is 7.99. The maximum atomic E-state index is 14.3. The lowest BCUT2D eigenvalue weighted by Gasteiger charge is -2.34. The van der Waals surface area contributed by atoms with Crippen LogP contribution in [0, 0.1) is 30.0 Å². The van der Waals surface area contributed by atoms with Crippen LogP contribution in [-0.4, -0.2) is 36.1 Å². The van der Waals surface area contributed by atoms with E-state index in [9.17, 15) is 14.8 Å².